The lowest BCUT2D eigenvalue weighted by Crippen LogP contribution is -2.55. The van der Waals surface area contributed by atoms with Gasteiger partial charge in [-0.2, -0.15) is 0 Å². The molecule has 1 rings (SSSR count). The number of nitrogens with zero attached hydrogens (tertiary/aromatic N) is 2. The number of amides is 2. The van der Waals surface area contributed by atoms with Crippen LogP contribution in [0.2, 0.25) is 0 Å². The van der Waals surface area contributed by atoms with Gasteiger partial charge >= 0.3 is 0 Å². The minimum absolute atomic E-state index is 0.00996. The van der Waals surface area contributed by atoms with Crippen LogP contribution in [-0.4, -0.2) is 66.9 Å². The van der Waals surface area contributed by atoms with Gasteiger partial charge in [0.05, 0.1) is 12.6 Å². The van der Waals surface area contributed by atoms with Crippen molar-refractivity contribution in [3.8, 4) is 0 Å². The standard InChI is InChI=1S/C14H26N4O2/c1-4-5-16-12(19)10-17-6-8-18(9-7-17)14(20)13(15)11(2)3/h4,11,13H,1,5-10,15H2,2-3H3,(H,16,19)/t13-/m1/s1. The van der Waals surface area contributed by atoms with Crippen molar-refractivity contribution < 1.29 is 9.59 Å². The van der Waals surface area contributed by atoms with Crippen molar-refractivity contribution in [2.75, 3.05) is 39.3 Å². The van der Waals surface area contributed by atoms with E-state index < -0.39 is 6.04 Å². The molecule has 1 aliphatic rings. The van der Waals surface area contributed by atoms with E-state index in [0.717, 1.165) is 0 Å². The first-order valence-corrected chi connectivity index (χ1v) is 7.10. The van der Waals surface area contributed by atoms with E-state index in [0.29, 0.717) is 39.3 Å². The van der Waals surface area contributed by atoms with Gasteiger partial charge in [-0.3, -0.25) is 14.5 Å². The highest BCUT2D eigenvalue weighted by Gasteiger charge is 2.27. The van der Waals surface area contributed by atoms with Gasteiger partial charge in [0.1, 0.15) is 0 Å². The van der Waals surface area contributed by atoms with Crippen LogP contribution in [-0.2, 0) is 9.59 Å². The molecule has 1 atom stereocenters. The first-order valence-electron chi connectivity index (χ1n) is 7.10. The Bertz CT molecular complexity index is 349. The third-order valence-corrected chi connectivity index (χ3v) is 3.50. The lowest BCUT2D eigenvalue weighted by atomic mass is 10.0. The predicted molar refractivity (Wildman–Crippen MR) is 79.0 cm³/mol. The summed E-state index contributed by atoms with van der Waals surface area (Å²) >= 11 is 0. The minimum atomic E-state index is -0.433. The van der Waals surface area contributed by atoms with Crippen molar-refractivity contribution in [2.45, 2.75) is 19.9 Å². The molecule has 0 radical (unpaired) electrons. The molecule has 1 heterocycles. The molecule has 6 nitrogen and oxygen atoms in total. The van der Waals surface area contributed by atoms with E-state index in [9.17, 15) is 9.59 Å². The second-order valence-electron chi connectivity index (χ2n) is 5.46. The van der Waals surface area contributed by atoms with Crippen LogP contribution >= 0.6 is 0 Å². The van der Waals surface area contributed by atoms with Gasteiger partial charge in [-0.05, 0) is 5.92 Å². The van der Waals surface area contributed by atoms with Gasteiger partial charge in [0, 0.05) is 32.7 Å². The van der Waals surface area contributed by atoms with Gasteiger partial charge in [-0.1, -0.05) is 19.9 Å². The van der Waals surface area contributed by atoms with E-state index >= 15 is 0 Å². The molecular formula is C14H26N4O2. The lowest BCUT2D eigenvalue weighted by Gasteiger charge is -2.36. The summed E-state index contributed by atoms with van der Waals surface area (Å²) in [6, 6.07) is -0.433. The summed E-state index contributed by atoms with van der Waals surface area (Å²) in [5.41, 5.74) is 5.88. The Kier molecular flexibility index (Phi) is 6.67. The van der Waals surface area contributed by atoms with Crippen LogP contribution in [0.1, 0.15) is 13.8 Å². The van der Waals surface area contributed by atoms with Crippen molar-refractivity contribution in [3.63, 3.8) is 0 Å². The molecule has 0 aliphatic carbocycles. The number of hydrogen-bond acceptors (Lipinski definition) is 4. The highest BCUT2D eigenvalue weighted by Crippen LogP contribution is 2.07. The number of carbonyl (C=O) groups is 2. The quantitative estimate of drug-likeness (QED) is 0.639. The van der Waals surface area contributed by atoms with Gasteiger partial charge < -0.3 is 16.0 Å². The summed E-state index contributed by atoms with van der Waals surface area (Å²) < 4.78 is 0. The first kappa shape index (κ1) is 16.7. The van der Waals surface area contributed by atoms with Crippen molar-refractivity contribution in [1.82, 2.24) is 15.1 Å². The SMILES string of the molecule is C=CCNC(=O)CN1CCN(C(=O)[C@H](N)C(C)C)CC1. The van der Waals surface area contributed by atoms with E-state index in [2.05, 4.69) is 11.9 Å². The molecule has 3 N–H and O–H groups in total. The third kappa shape index (κ3) is 4.94. The van der Waals surface area contributed by atoms with Crippen LogP contribution in [0.25, 0.3) is 0 Å². The fourth-order valence-electron chi connectivity index (χ4n) is 2.07. The Hall–Kier alpha value is -1.40. The zero-order valence-electron chi connectivity index (χ0n) is 12.5. The van der Waals surface area contributed by atoms with E-state index in [1.165, 1.54) is 0 Å². The van der Waals surface area contributed by atoms with Gasteiger partial charge in [-0.15, -0.1) is 6.58 Å². The lowest BCUT2D eigenvalue weighted by molar-refractivity contribution is -0.135. The summed E-state index contributed by atoms with van der Waals surface area (Å²) in [7, 11) is 0. The maximum Gasteiger partial charge on any atom is 0.239 e. The van der Waals surface area contributed by atoms with Crippen LogP contribution in [0, 0.1) is 5.92 Å². The van der Waals surface area contributed by atoms with Crippen LogP contribution in [0.3, 0.4) is 0 Å². The zero-order valence-corrected chi connectivity index (χ0v) is 12.5. The topological polar surface area (TPSA) is 78.7 Å². The second kappa shape index (κ2) is 8.01. The highest BCUT2D eigenvalue weighted by atomic mass is 16.2. The molecule has 0 spiro atoms. The Morgan fingerprint density at radius 3 is 2.40 bits per heavy atom. The molecule has 1 saturated heterocycles. The van der Waals surface area contributed by atoms with Crippen LogP contribution < -0.4 is 11.1 Å². The van der Waals surface area contributed by atoms with Crippen molar-refractivity contribution in [3.05, 3.63) is 12.7 Å². The summed E-state index contributed by atoms with van der Waals surface area (Å²) in [4.78, 5) is 27.5. The highest BCUT2D eigenvalue weighted by molar-refractivity contribution is 5.82. The van der Waals surface area contributed by atoms with Crippen molar-refractivity contribution in [1.29, 1.82) is 0 Å². The molecule has 1 fully saturated rings. The number of piperazine rings is 1. The second-order valence-corrected chi connectivity index (χ2v) is 5.46. The molecule has 0 aromatic rings. The Labute approximate surface area is 121 Å². The van der Waals surface area contributed by atoms with Crippen molar-refractivity contribution in [2.24, 2.45) is 11.7 Å². The number of carbonyl (C=O) groups excluding carboxylic acids is 2. The maximum absolute atomic E-state index is 12.1. The van der Waals surface area contributed by atoms with Gasteiger partial charge in [-0.25, -0.2) is 0 Å². The first-order chi connectivity index (χ1) is 9.45. The number of hydrogen-bond donors (Lipinski definition) is 2. The molecule has 0 unspecified atom stereocenters. The van der Waals surface area contributed by atoms with E-state index in [4.69, 9.17) is 5.73 Å². The van der Waals surface area contributed by atoms with Crippen LogP contribution in [0.5, 0.6) is 0 Å². The van der Waals surface area contributed by atoms with Crippen molar-refractivity contribution >= 4 is 11.8 Å². The van der Waals surface area contributed by atoms with E-state index in [1.54, 1.807) is 11.0 Å². The Morgan fingerprint density at radius 1 is 1.30 bits per heavy atom. The average Bonchev–Trinajstić information content (AvgIpc) is 2.44. The molecule has 0 aromatic heterocycles. The number of rotatable bonds is 6. The van der Waals surface area contributed by atoms with Gasteiger partial charge in [0.15, 0.2) is 0 Å². The summed E-state index contributed by atoms with van der Waals surface area (Å²) in [5, 5.41) is 2.75. The van der Waals surface area contributed by atoms with E-state index in [-0.39, 0.29) is 17.7 Å². The minimum Gasteiger partial charge on any atom is -0.352 e. The molecule has 114 valence electrons. The van der Waals surface area contributed by atoms with Gasteiger partial charge in [0.25, 0.3) is 0 Å². The normalized spacial score (nSPS) is 17.9. The van der Waals surface area contributed by atoms with Crippen LogP contribution in [0.15, 0.2) is 12.7 Å². The fourth-order valence-corrected chi connectivity index (χ4v) is 2.07. The maximum atomic E-state index is 12.1. The smallest absolute Gasteiger partial charge is 0.239 e. The molecule has 0 saturated carbocycles. The molecule has 0 bridgehead atoms. The zero-order chi connectivity index (χ0) is 15.1. The molecule has 2 amide bonds. The summed E-state index contributed by atoms with van der Waals surface area (Å²) in [6.07, 6.45) is 1.65. The summed E-state index contributed by atoms with van der Waals surface area (Å²) in [5.74, 6) is 0.143. The van der Waals surface area contributed by atoms with Gasteiger partial charge in [0.2, 0.25) is 11.8 Å². The third-order valence-electron chi connectivity index (χ3n) is 3.50. The molecular weight excluding hydrogens is 256 g/mol. The molecule has 0 aromatic carbocycles. The Morgan fingerprint density at radius 2 is 1.90 bits per heavy atom. The fraction of sp³-hybridized carbons (Fsp3) is 0.714. The van der Waals surface area contributed by atoms with E-state index in [1.807, 2.05) is 18.7 Å². The number of nitrogens with two attached hydrogens (primary N) is 1. The largest absolute Gasteiger partial charge is 0.352 e. The predicted octanol–water partition coefficient (Wildman–Crippen LogP) is -0.584. The average molecular weight is 282 g/mol. The molecule has 20 heavy (non-hydrogen) atoms. The molecule has 1 aliphatic heterocycles. The Balaban J connectivity index is 2.34. The number of nitrogens with one attached hydrogen (secondary N) is 1. The monoisotopic (exact) mass is 282 g/mol. The summed E-state index contributed by atoms with van der Waals surface area (Å²) in [6.45, 7) is 11.0. The van der Waals surface area contributed by atoms with Crippen LogP contribution in [0.4, 0.5) is 0 Å². The molecule has 6 heteroatoms.